The number of rotatable bonds is 5. The maximum absolute atomic E-state index is 13.0. The zero-order valence-electron chi connectivity index (χ0n) is 16.5. The summed E-state index contributed by atoms with van der Waals surface area (Å²) in [6.45, 7) is 3.79. The molecule has 0 atom stereocenters. The fourth-order valence-corrected chi connectivity index (χ4v) is 4.05. The van der Waals surface area contributed by atoms with Gasteiger partial charge in [-0.2, -0.15) is 9.78 Å². The van der Waals surface area contributed by atoms with Crippen molar-refractivity contribution in [2.45, 2.75) is 23.6 Å². The number of hydrogen-bond donors (Lipinski definition) is 0. The van der Waals surface area contributed by atoms with Crippen LogP contribution in [0.1, 0.15) is 21.6 Å². The van der Waals surface area contributed by atoms with Crippen LogP contribution in [0.4, 0.5) is 0 Å². The van der Waals surface area contributed by atoms with Crippen LogP contribution in [0, 0.1) is 13.8 Å². The Labute approximate surface area is 184 Å². The van der Waals surface area contributed by atoms with E-state index in [9.17, 15) is 4.79 Å². The lowest BCUT2D eigenvalue weighted by molar-refractivity contribution is 0.0717. The fraction of sp³-hybridized carbons (Fsp3) is 0.0833. The first-order valence-electron chi connectivity index (χ1n) is 9.39. The van der Waals surface area contributed by atoms with E-state index in [2.05, 4.69) is 5.10 Å². The number of aryl methyl sites for hydroxylation is 2. The van der Waals surface area contributed by atoms with Crippen LogP contribution < -0.4 is 4.74 Å². The molecule has 4 aromatic rings. The van der Waals surface area contributed by atoms with E-state index in [1.165, 1.54) is 11.8 Å². The molecule has 0 unspecified atom stereocenters. The van der Waals surface area contributed by atoms with Crippen molar-refractivity contribution in [1.29, 1.82) is 0 Å². The molecule has 1 heterocycles. The molecule has 0 spiro atoms. The Morgan fingerprint density at radius 3 is 2.30 bits per heavy atom. The molecule has 150 valence electrons. The molecule has 30 heavy (non-hydrogen) atoms. The minimum Gasteiger partial charge on any atom is -0.402 e. The molecule has 0 radical (unpaired) electrons. The maximum atomic E-state index is 13.0. The first-order chi connectivity index (χ1) is 14.5. The molecule has 4 nitrogen and oxygen atoms in total. The first kappa shape index (κ1) is 20.3. The van der Waals surface area contributed by atoms with Gasteiger partial charge in [-0.25, -0.2) is 4.79 Å². The van der Waals surface area contributed by atoms with Gasteiger partial charge in [0.1, 0.15) is 0 Å². The number of ether oxygens (including phenoxy) is 1. The predicted octanol–water partition coefficient (Wildman–Crippen LogP) is 6.51. The van der Waals surface area contributed by atoms with Gasteiger partial charge in [-0.15, -0.1) is 0 Å². The van der Waals surface area contributed by atoms with E-state index in [1.807, 2.05) is 86.6 Å². The van der Waals surface area contributed by atoms with Crippen LogP contribution in [0.25, 0.3) is 5.69 Å². The smallest absolute Gasteiger partial charge is 0.345 e. The topological polar surface area (TPSA) is 44.1 Å². The quantitative estimate of drug-likeness (QED) is 0.336. The number of esters is 1. The second-order valence-electron chi connectivity index (χ2n) is 6.73. The van der Waals surface area contributed by atoms with Crippen molar-refractivity contribution in [2.75, 3.05) is 0 Å². The average Bonchev–Trinajstić information content (AvgIpc) is 3.06. The Kier molecular flexibility index (Phi) is 5.93. The molecule has 4 rings (SSSR count). The van der Waals surface area contributed by atoms with E-state index in [1.54, 1.807) is 10.7 Å². The van der Waals surface area contributed by atoms with Crippen molar-refractivity contribution in [3.05, 3.63) is 101 Å². The highest BCUT2D eigenvalue weighted by Crippen LogP contribution is 2.39. The number of carbonyl (C=O) groups is 1. The van der Waals surface area contributed by atoms with Gasteiger partial charge in [0.05, 0.1) is 21.8 Å². The van der Waals surface area contributed by atoms with Crippen molar-refractivity contribution in [3.8, 4) is 11.6 Å². The molecule has 0 bridgehead atoms. The van der Waals surface area contributed by atoms with Gasteiger partial charge in [0.15, 0.2) is 0 Å². The molecule has 0 saturated heterocycles. The lowest BCUT2D eigenvalue weighted by atomic mass is 10.1. The molecule has 0 amide bonds. The van der Waals surface area contributed by atoms with E-state index in [4.69, 9.17) is 16.3 Å². The minimum atomic E-state index is -0.414. The van der Waals surface area contributed by atoms with Crippen LogP contribution in [0.2, 0.25) is 5.02 Å². The van der Waals surface area contributed by atoms with Crippen molar-refractivity contribution in [1.82, 2.24) is 9.78 Å². The third kappa shape index (κ3) is 4.27. The summed E-state index contributed by atoms with van der Waals surface area (Å²) >= 11 is 7.50. The van der Waals surface area contributed by atoms with E-state index in [0.717, 1.165) is 26.7 Å². The minimum absolute atomic E-state index is 0.395. The fourth-order valence-electron chi connectivity index (χ4n) is 3.01. The van der Waals surface area contributed by atoms with E-state index < -0.39 is 5.97 Å². The number of aromatic nitrogens is 2. The lowest BCUT2D eigenvalue weighted by Gasteiger charge is -2.11. The average molecular weight is 435 g/mol. The number of carbonyl (C=O) groups excluding carboxylic acids is 1. The van der Waals surface area contributed by atoms with Gasteiger partial charge in [-0.1, -0.05) is 59.8 Å². The summed E-state index contributed by atoms with van der Waals surface area (Å²) in [4.78, 5) is 14.7. The molecule has 0 N–H and O–H groups in total. The standard InChI is InChI=1S/C24H19ClN2O2S/c1-16-8-6-7-11-21(16)24(28)29-23-22(30-20-14-12-18(25)13-15-20)17(2)26-27(23)19-9-4-3-5-10-19/h3-15H,1-2H3. The Morgan fingerprint density at radius 2 is 1.60 bits per heavy atom. The number of benzene rings is 3. The Morgan fingerprint density at radius 1 is 0.933 bits per heavy atom. The highest BCUT2D eigenvalue weighted by atomic mass is 35.5. The van der Waals surface area contributed by atoms with Crippen LogP contribution >= 0.6 is 23.4 Å². The van der Waals surface area contributed by atoms with Gasteiger partial charge in [-0.05, 0) is 61.9 Å². The monoisotopic (exact) mass is 434 g/mol. The lowest BCUT2D eigenvalue weighted by Crippen LogP contribution is -2.13. The number of para-hydroxylation sites is 1. The number of halogens is 1. The van der Waals surface area contributed by atoms with Gasteiger partial charge in [-0.3, -0.25) is 0 Å². The van der Waals surface area contributed by atoms with Crippen molar-refractivity contribution in [2.24, 2.45) is 0 Å². The van der Waals surface area contributed by atoms with Crippen LogP contribution in [-0.2, 0) is 0 Å². The molecular weight excluding hydrogens is 416 g/mol. The second-order valence-corrected chi connectivity index (χ2v) is 8.25. The maximum Gasteiger partial charge on any atom is 0.345 e. The van der Waals surface area contributed by atoms with E-state index >= 15 is 0 Å². The molecule has 3 aromatic carbocycles. The Balaban J connectivity index is 1.78. The summed E-state index contributed by atoms with van der Waals surface area (Å²) < 4.78 is 7.60. The predicted molar refractivity (Wildman–Crippen MR) is 120 cm³/mol. The zero-order chi connectivity index (χ0) is 21.1. The van der Waals surface area contributed by atoms with Gasteiger partial charge >= 0.3 is 5.97 Å². The molecule has 0 fully saturated rings. The largest absolute Gasteiger partial charge is 0.402 e. The van der Waals surface area contributed by atoms with Gasteiger partial charge in [0.2, 0.25) is 5.88 Å². The van der Waals surface area contributed by atoms with Crippen molar-refractivity contribution < 1.29 is 9.53 Å². The second kappa shape index (κ2) is 8.78. The molecule has 0 saturated carbocycles. The van der Waals surface area contributed by atoms with Crippen LogP contribution in [0.3, 0.4) is 0 Å². The number of hydrogen-bond acceptors (Lipinski definition) is 4. The summed E-state index contributed by atoms with van der Waals surface area (Å²) in [7, 11) is 0. The molecule has 6 heteroatoms. The summed E-state index contributed by atoms with van der Waals surface area (Å²) in [5, 5.41) is 5.33. The highest BCUT2D eigenvalue weighted by Gasteiger charge is 2.23. The molecule has 0 aliphatic carbocycles. The third-order valence-corrected chi connectivity index (χ3v) is 5.99. The molecular formula is C24H19ClN2O2S. The summed E-state index contributed by atoms with van der Waals surface area (Å²) in [5.41, 5.74) is 2.97. The SMILES string of the molecule is Cc1ccccc1C(=O)Oc1c(Sc2ccc(Cl)cc2)c(C)nn1-c1ccccc1. The van der Waals surface area contributed by atoms with Crippen LogP contribution in [-0.4, -0.2) is 15.7 Å². The van der Waals surface area contributed by atoms with Gasteiger partial charge < -0.3 is 4.74 Å². The third-order valence-electron chi connectivity index (χ3n) is 4.55. The number of nitrogens with zero attached hydrogens (tertiary/aromatic N) is 2. The van der Waals surface area contributed by atoms with E-state index in [-0.39, 0.29) is 0 Å². The van der Waals surface area contributed by atoms with Crippen LogP contribution in [0.15, 0.2) is 88.7 Å². The molecule has 0 aliphatic heterocycles. The first-order valence-corrected chi connectivity index (χ1v) is 10.6. The Bertz CT molecular complexity index is 1190. The van der Waals surface area contributed by atoms with Crippen LogP contribution in [0.5, 0.6) is 5.88 Å². The summed E-state index contributed by atoms with van der Waals surface area (Å²) in [6, 6.07) is 24.5. The van der Waals surface area contributed by atoms with Gasteiger partial charge in [0, 0.05) is 9.92 Å². The van der Waals surface area contributed by atoms with Crippen molar-refractivity contribution in [3.63, 3.8) is 0 Å². The Hall–Kier alpha value is -3.02. The molecule has 1 aromatic heterocycles. The normalized spacial score (nSPS) is 10.8. The summed E-state index contributed by atoms with van der Waals surface area (Å²) in [6.07, 6.45) is 0. The van der Waals surface area contributed by atoms with Crippen molar-refractivity contribution >= 4 is 29.3 Å². The highest BCUT2D eigenvalue weighted by molar-refractivity contribution is 7.99. The summed E-state index contributed by atoms with van der Waals surface area (Å²) in [5.74, 6) is -0.0185. The van der Waals surface area contributed by atoms with Gasteiger partial charge in [0.25, 0.3) is 0 Å². The molecule has 0 aliphatic rings. The van der Waals surface area contributed by atoms with E-state index in [0.29, 0.717) is 16.5 Å². The zero-order valence-corrected chi connectivity index (χ0v) is 18.1.